The molecule has 3 rings (SSSR count). The van der Waals surface area contributed by atoms with Crippen LogP contribution in [0.1, 0.15) is 11.1 Å². The third-order valence-electron chi connectivity index (χ3n) is 3.03. The molecule has 2 N–H and O–H groups in total. The number of hydrazine groups is 1. The van der Waals surface area contributed by atoms with E-state index >= 15 is 0 Å². The van der Waals surface area contributed by atoms with Crippen LogP contribution < -0.4 is 5.84 Å². The summed E-state index contributed by atoms with van der Waals surface area (Å²) in [6.07, 6.45) is 1.73. The maximum atomic E-state index is 12.1. The maximum Gasteiger partial charge on any atom is 0.292 e. The van der Waals surface area contributed by atoms with Gasteiger partial charge in [0, 0.05) is 5.56 Å². The molecule has 4 nitrogen and oxygen atoms in total. The lowest BCUT2D eigenvalue weighted by Gasteiger charge is -2.10. The standard InChI is InChI=1S/C16H13N3O/c17-19-15(13-9-5-2-6-10-13)18-14(16(19)20)11-12-7-3-1-4-8-12/h1-11H,17H2/b14-11-. The highest BCUT2D eigenvalue weighted by molar-refractivity contribution is 6.19. The highest BCUT2D eigenvalue weighted by Crippen LogP contribution is 2.19. The zero-order valence-corrected chi connectivity index (χ0v) is 10.7. The summed E-state index contributed by atoms with van der Waals surface area (Å²) < 4.78 is 0. The summed E-state index contributed by atoms with van der Waals surface area (Å²) in [5.74, 6) is 5.98. The smallest absolute Gasteiger partial charge is 0.265 e. The number of rotatable bonds is 2. The summed E-state index contributed by atoms with van der Waals surface area (Å²) in [6, 6.07) is 19.0. The van der Waals surface area contributed by atoms with Crippen molar-refractivity contribution in [1.29, 1.82) is 0 Å². The van der Waals surface area contributed by atoms with E-state index in [-0.39, 0.29) is 5.91 Å². The summed E-state index contributed by atoms with van der Waals surface area (Å²) in [5.41, 5.74) is 2.08. The Kier molecular flexibility index (Phi) is 3.15. The molecular formula is C16H13N3O. The van der Waals surface area contributed by atoms with Gasteiger partial charge in [-0.05, 0) is 11.6 Å². The van der Waals surface area contributed by atoms with Crippen molar-refractivity contribution in [3.63, 3.8) is 0 Å². The van der Waals surface area contributed by atoms with E-state index < -0.39 is 0 Å². The average Bonchev–Trinajstić information content (AvgIpc) is 2.78. The van der Waals surface area contributed by atoms with Crippen molar-refractivity contribution in [2.45, 2.75) is 0 Å². The van der Waals surface area contributed by atoms with Crippen LogP contribution in [0, 0.1) is 0 Å². The average molecular weight is 263 g/mol. The lowest BCUT2D eigenvalue weighted by atomic mass is 10.2. The van der Waals surface area contributed by atoms with Crippen LogP contribution in [0.15, 0.2) is 71.4 Å². The summed E-state index contributed by atoms with van der Waals surface area (Å²) in [5, 5.41) is 1.09. The minimum Gasteiger partial charge on any atom is -0.265 e. The molecule has 0 saturated heterocycles. The van der Waals surface area contributed by atoms with Gasteiger partial charge in [0.05, 0.1) is 0 Å². The monoisotopic (exact) mass is 263 g/mol. The number of carbonyl (C=O) groups is 1. The molecule has 0 radical (unpaired) electrons. The third-order valence-corrected chi connectivity index (χ3v) is 3.03. The van der Waals surface area contributed by atoms with Gasteiger partial charge in [0.1, 0.15) is 5.70 Å². The van der Waals surface area contributed by atoms with Crippen molar-refractivity contribution in [3.8, 4) is 0 Å². The van der Waals surface area contributed by atoms with E-state index in [1.54, 1.807) is 6.08 Å². The second-order valence-electron chi connectivity index (χ2n) is 4.42. The fraction of sp³-hybridized carbons (Fsp3) is 0. The SMILES string of the molecule is NN1C(=O)/C(=C/c2ccccc2)N=C1c1ccccc1. The number of hydrogen-bond donors (Lipinski definition) is 1. The molecule has 0 saturated carbocycles. The Hall–Kier alpha value is -2.72. The van der Waals surface area contributed by atoms with Crippen molar-refractivity contribution >= 4 is 17.8 Å². The first-order chi connectivity index (χ1) is 9.75. The van der Waals surface area contributed by atoms with Crippen molar-refractivity contribution in [3.05, 3.63) is 77.5 Å². The van der Waals surface area contributed by atoms with Gasteiger partial charge in [0.15, 0.2) is 5.84 Å². The van der Waals surface area contributed by atoms with Gasteiger partial charge in [0.2, 0.25) is 0 Å². The minimum absolute atomic E-state index is 0.298. The van der Waals surface area contributed by atoms with Gasteiger partial charge < -0.3 is 0 Å². The van der Waals surface area contributed by atoms with Crippen LogP contribution in [-0.2, 0) is 4.79 Å². The van der Waals surface area contributed by atoms with E-state index in [2.05, 4.69) is 4.99 Å². The van der Waals surface area contributed by atoms with Crippen molar-refractivity contribution < 1.29 is 4.79 Å². The van der Waals surface area contributed by atoms with Gasteiger partial charge in [-0.2, -0.15) is 0 Å². The Morgan fingerprint density at radius 1 is 0.950 bits per heavy atom. The van der Waals surface area contributed by atoms with Crippen molar-refractivity contribution in [2.75, 3.05) is 0 Å². The van der Waals surface area contributed by atoms with E-state index in [0.29, 0.717) is 11.5 Å². The number of benzene rings is 2. The number of amides is 1. The fourth-order valence-corrected chi connectivity index (χ4v) is 2.03. The minimum atomic E-state index is -0.298. The van der Waals surface area contributed by atoms with Crippen molar-refractivity contribution in [2.24, 2.45) is 10.8 Å². The van der Waals surface area contributed by atoms with Crippen LogP contribution in [0.25, 0.3) is 6.08 Å². The number of hydrogen-bond acceptors (Lipinski definition) is 3. The van der Waals surface area contributed by atoms with Crippen LogP contribution in [0.5, 0.6) is 0 Å². The number of amidine groups is 1. The molecule has 20 heavy (non-hydrogen) atoms. The molecule has 0 spiro atoms. The maximum absolute atomic E-state index is 12.1. The Morgan fingerprint density at radius 2 is 1.55 bits per heavy atom. The lowest BCUT2D eigenvalue weighted by molar-refractivity contribution is -0.122. The van der Waals surface area contributed by atoms with Crippen molar-refractivity contribution in [1.82, 2.24) is 5.01 Å². The second kappa shape index (κ2) is 5.11. The zero-order chi connectivity index (χ0) is 13.9. The highest BCUT2D eigenvalue weighted by Gasteiger charge is 2.28. The number of nitrogens with zero attached hydrogens (tertiary/aromatic N) is 2. The Labute approximate surface area is 116 Å². The van der Waals surface area contributed by atoms with Crippen LogP contribution in [0.2, 0.25) is 0 Å². The molecule has 1 aliphatic heterocycles. The molecule has 0 atom stereocenters. The number of aliphatic imine (C=N–C) groups is 1. The molecule has 4 heteroatoms. The Morgan fingerprint density at radius 3 is 2.20 bits per heavy atom. The van der Waals surface area contributed by atoms with Gasteiger partial charge in [-0.15, -0.1) is 0 Å². The molecule has 0 aliphatic carbocycles. The summed E-state index contributed by atoms with van der Waals surface area (Å²) in [7, 11) is 0. The van der Waals surface area contributed by atoms with Crippen LogP contribution in [0.4, 0.5) is 0 Å². The predicted octanol–water partition coefficient (Wildman–Crippen LogP) is 2.19. The molecule has 1 heterocycles. The van der Waals surface area contributed by atoms with E-state index in [1.165, 1.54) is 0 Å². The van der Waals surface area contributed by atoms with Crippen LogP contribution >= 0.6 is 0 Å². The van der Waals surface area contributed by atoms with E-state index in [4.69, 9.17) is 5.84 Å². The second-order valence-corrected chi connectivity index (χ2v) is 4.42. The molecule has 1 amide bonds. The summed E-state index contributed by atoms with van der Waals surface area (Å²) in [6.45, 7) is 0. The van der Waals surface area contributed by atoms with E-state index in [1.807, 2.05) is 60.7 Å². The summed E-state index contributed by atoms with van der Waals surface area (Å²) in [4.78, 5) is 16.5. The Balaban J connectivity index is 2.00. The molecule has 98 valence electrons. The quantitative estimate of drug-likeness (QED) is 0.513. The number of carbonyl (C=O) groups excluding carboxylic acids is 1. The van der Waals surface area contributed by atoms with E-state index in [9.17, 15) is 4.79 Å². The molecule has 2 aromatic carbocycles. The largest absolute Gasteiger partial charge is 0.292 e. The fourth-order valence-electron chi connectivity index (χ4n) is 2.03. The molecule has 0 unspecified atom stereocenters. The molecule has 0 aromatic heterocycles. The van der Waals surface area contributed by atoms with Crippen LogP contribution in [0.3, 0.4) is 0 Å². The van der Waals surface area contributed by atoms with E-state index in [0.717, 1.165) is 16.1 Å². The first-order valence-electron chi connectivity index (χ1n) is 6.26. The van der Waals surface area contributed by atoms with Gasteiger partial charge in [-0.3, -0.25) is 4.79 Å². The Bertz CT molecular complexity index is 690. The first kappa shape index (κ1) is 12.3. The highest BCUT2D eigenvalue weighted by atomic mass is 16.2. The normalized spacial score (nSPS) is 16.6. The molecule has 0 bridgehead atoms. The third kappa shape index (κ3) is 2.24. The number of nitrogens with two attached hydrogens (primary N) is 1. The molecular weight excluding hydrogens is 250 g/mol. The lowest BCUT2D eigenvalue weighted by Crippen LogP contribution is -2.38. The first-order valence-corrected chi connectivity index (χ1v) is 6.26. The predicted molar refractivity (Wildman–Crippen MR) is 78.4 cm³/mol. The molecule has 0 fully saturated rings. The van der Waals surface area contributed by atoms with Crippen LogP contribution in [-0.4, -0.2) is 16.8 Å². The summed E-state index contributed by atoms with van der Waals surface area (Å²) >= 11 is 0. The molecule has 2 aromatic rings. The van der Waals surface area contributed by atoms with Gasteiger partial charge in [-0.25, -0.2) is 15.8 Å². The van der Waals surface area contributed by atoms with Gasteiger partial charge in [0.25, 0.3) is 5.91 Å². The molecule has 1 aliphatic rings. The van der Waals surface area contributed by atoms with Gasteiger partial charge >= 0.3 is 0 Å². The topological polar surface area (TPSA) is 58.7 Å². The zero-order valence-electron chi connectivity index (χ0n) is 10.7. The van der Waals surface area contributed by atoms with Gasteiger partial charge in [-0.1, -0.05) is 60.7 Å².